The van der Waals surface area contributed by atoms with Crippen molar-refractivity contribution < 1.29 is 8.42 Å². The highest BCUT2D eigenvalue weighted by atomic mass is 32.2. The molecule has 3 nitrogen and oxygen atoms in total. The summed E-state index contributed by atoms with van der Waals surface area (Å²) in [6.07, 6.45) is 0. The molecule has 0 heterocycles. The number of nitrogens with one attached hydrogen (secondary N) is 1. The maximum absolute atomic E-state index is 12.9. The van der Waals surface area contributed by atoms with Gasteiger partial charge >= 0.3 is 0 Å². The maximum atomic E-state index is 12.9. The maximum Gasteiger partial charge on any atom is 0.241 e. The van der Waals surface area contributed by atoms with Gasteiger partial charge in [0.25, 0.3) is 0 Å². The van der Waals surface area contributed by atoms with Crippen LogP contribution in [0.25, 0.3) is 0 Å². The third-order valence-corrected chi connectivity index (χ3v) is 5.66. The summed E-state index contributed by atoms with van der Waals surface area (Å²) in [5, 5.41) is 0. The van der Waals surface area contributed by atoms with Gasteiger partial charge in [0.1, 0.15) is 0 Å². The molecule has 0 spiro atoms. The van der Waals surface area contributed by atoms with Crippen LogP contribution in [0, 0.1) is 0 Å². The second-order valence-corrected chi connectivity index (χ2v) is 7.46. The molecule has 4 heteroatoms. The fourth-order valence-electron chi connectivity index (χ4n) is 2.75. The summed E-state index contributed by atoms with van der Waals surface area (Å²) >= 11 is 0. The Bertz CT molecular complexity index is 853. The van der Waals surface area contributed by atoms with Crippen molar-refractivity contribution in [3.63, 3.8) is 0 Å². The number of benzene rings is 3. The quantitative estimate of drug-likeness (QED) is 0.767. The summed E-state index contributed by atoms with van der Waals surface area (Å²) in [5.74, 6) is 0. The Balaban J connectivity index is 2.10. The minimum absolute atomic E-state index is 0.253. The number of hydrogen-bond donors (Lipinski definition) is 1. The van der Waals surface area contributed by atoms with Crippen LogP contribution in [0.5, 0.6) is 0 Å². The van der Waals surface area contributed by atoms with Gasteiger partial charge in [-0.3, -0.25) is 0 Å². The summed E-state index contributed by atoms with van der Waals surface area (Å²) in [6.45, 7) is 1.89. The van der Waals surface area contributed by atoms with Gasteiger partial charge in [0.05, 0.1) is 10.4 Å². The molecule has 0 fully saturated rings. The zero-order valence-corrected chi connectivity index (χ0v) is 14.2. The molecule has 24 heavy (non-hydrogen) atoms. The van der Waals surface area contributed by atoms with Crippen LogP contribution >= 0.6 is 0 Å². The molecule has 3 aromatic carbocycles. The van der Waals surface area contributed by atoms with Gasteiger partial charge < -0.3 is 0 Å². The minimum atomic E-state index is -3.66. The molecule has 3 rings (SSSR count). The lowest BCUT2D eigenvalue weighted by Crippen LogP contribution is -2.44. The summed E-state index contributed by atoms with van der Waals surface area (Å²) in [6, 6.07) is 27.6. The molecular formula is C20H19NO2S. The third kappa shape index (κ3) is 3.25. The first kappa shape index (κ1) is 16.4. The highest BCUT2D eigenvalue weighted by Gasteiger charge is 2.34. The van der Waals surface area contributed by atoms with Crippen molar-refractivity contribution in [1.29, 1.82) is 0 Å². The highest BCUT2D eigenvalue weighted by molar-refractivity contribution is 7.89. The highest BCUT2D eigenvalue weighted by Crippen LogP contribution is 2.31. The van der Waals surface area contributed by atoms with Gasteiger partial charge in [0, 0.05) is 0 Å². The Hall–Kier alpha value is -2.43. The Labute approximate surface area is 143 Å². The van der Waals surface area contributed by atoms with Crippen LogP contribution in [-0.4, -0.2) is 8.42 Å². The van der Waals surface area contributed by atoms with Gasteiger partial charge in [-0.1, -0.05) is 78.9 Å². The molecule has 3 aromatic rings. The number of hydrogen-bond acceptors (Lipinski definition) is 2. The second kappa shape index (κ2) is 6.59. The van der Waals surface area contributed by atoms with E-state index in [9.17, 15) is 8.42 Å². The topological polar surface area (TPSA) is 46.2 Å². The van der Waals surface area contributed by atoms with E-state index in [0.717, 1.165) is 11.1 Å². The average molecular weight is 337 g/mol. The molecule has 0 aromatic heterocycles. The third-order valence-electron chi connectivity index (χ3n) is 4.09. The lowest BCUT2D eigenvalue weighted by Gasteiger charge is -2.32. The molecule has 0 radical (unpaired) electrons. The molecule has 0 unspecified atom stereocenters. The minimum Gasteiger partial charge on any atom is -0.207 e. The standard InChI is InChI=1S/C20H19NO2S/c1-20(17-11-5-2-6-12-17,18-13-7-3-8-14-18)21-24(22,23)19-15-9-4-10-16-19/h2-16,21H,1H3. The molecule has 0 aliphatic carbocycles. The summed E-state index contributed by atoms with van der Waals surface area (Å²) in [4.78, 5) is 0.253. The van der Waals surface area contributed by atoms with E-state index in [4.69, 9.17) is 0 Å². The molecule has 0 aliphatic rings. The van der Waals surface area contributed by atoms with Gasteiger partial charge in [0.2, 0.25) is 10.0 Å². The normalized spacial score (nSPS) is 12.0. The molecule has 0 atom stereocenters. The first-order valence-corrected chi connectivity index (χ1v) is 9.21. The molecule has 1 N–H and O–H groups in total. The lowest BCUT2D eigenvalue weighted by molar-refractivity contribution is 0.503. The van der Waals surface area contributed by atoms with Crippen LogP contribution < -0.4 is 4.72 Å². The molecule has 0 amide bonds. The average Bonchev–Trinajstić information content (AvgIpc) is 2.63. The predicted octanol–water partition coefficient (Wildman–Crippen LogP) is 3.93. The zero-order chi connectivity index (χ0) is 17.0. The molecule has 0 bridgehead atoms. The zero-order valence-electron chi connectivity index (χ0n) is 13.4. The molecule has 0 saturated carbocycles. The monoisotopic (exact) mass is 337 g/mol. The van der Waals surface area contributed by atoms with E-state index < -0.39 is 15.6 Å². The van der Waals surface area contributed by atoms with E-state index in [0.29, 0.717) is 0 Å². The lowest BCUT2D eigenvalue weighted by atomic mass is 9.86. The van der Waals surface area contributed by atoms with Gasteiger partial charge in [-0.2, -0.15) is 4.72 Å². The van der Waals surface area contributed by atoms with Crippen molar-refractivity contribution in [2.75, 3.05) is 0 Å². The fourth-order valence-corrected chi connectivity index (χ4v) is 4.16. The van der Waals surface area contributed by atoms with E-state index in [2.05, 4.69) is 4.72 Å². The summed E-state index contributed by atoms with van der Waals surface area (Å²) in [7, 11) is -3.66. The Morgan fingerprint density at radius 2 is 1.04 bits per heavy atom. The van der Waals surface area contributed by atoms with Crippen molar-refractivity contribution in [2.24, 2.45) is 0 Å². The molecule has 122 valence electrons. The number of rotatable bonds is 5. The largest absolute Gasteiger partial charge is 0.241 e. The molecule has 0 aliphatic heterocycles. The fraction of sp³-hybridized carbons (Fsp3) is 0.100. The first-order valence-electron chi connectivity index (χ1n) is 7.72. The van der Waals surface area contributed by atoms with Crippen LogP contribution in [0.1, 0.15) is 18.1 Å². The van der Waals surface area contributed by atoms with E-state index in [1.54, 1.807) is 30.3 Å². The Morgan fingerprint density at radius 1 is 0.667 bits per heavy atom. The van der Waals surface area contributed by atoms with E-state index in [-0.39, 0.29) is 4.90 Å². The Kier molecular flexibility index (Phi) is 4.51. The second-order valence-electron chi connectivity index (χ2n) is 5.78. The smallest absolute Gasteiger partial charge is 0.207 e. The van der Waals surface area contributed by atoms with Gasteiger partial charge in [-0.25, -0.2) is 8.42 Å². The SMILES string of the molecule is CC(NS(=O)(=O)c1ccccc1)(c1ccccc1)c1ccccc1. The van der Waals surface area contributed by atoms with Crippen molar-refractivity contribution >= 4 is 10.0 Å². The van der Waals surface area contributed by atoms with E-state index in [1.165, 1.54) is 0 Å². The molecule has 0 saturated heterocycles. The van der Waals surface area contributed by atoms with Gasteiger partial charge in [-0.15, -0.1) is 0 Å². The van der Waals surface area contributed by atoms with E-state index >= 15 is 0 Å². The van der Waals surface area contributed by atoms with Crippen LogP contribution in [0.3, 0.4) is 0 Å². The van der Waals surface area contributed by atoms with Crippen molar-refractivity contribution in [3.05, 3.63) is 102 Å². The van der Waals surface area contributed by atoms with Crippen LogP contribution in [-0.2, 0) is 15.6 Å². The van der Waals surface area contributed by atoms with Crippen LogP contribution in [0.4, 0.5) is 0 Å². The molecular weight excluding hydrogens is 318 g/mol. The summed E-state index contributed by atoms with van der Waals surface area (Å²) in [5.41, 5.74) is 0.906. The van der Waals surface area contributed by atoms with E-state index in [1.807, 2.05) is 67.6 Å². The van der Waals surface area contributed by atoms with Crippen molar-refractivity contribution in [3.8, 4) is 0 Å². The van der Waals surface area contributed by atoms with Crippen LogP contribution in [0.15, 0.2) is 95.9 Å². The summed E-state index contributed by atoms with van der Waals surface area (Å²) < 4.78 is 28.7. The Morgan fingerprint density at radius 3 is 1.46 bits per heavy atom. The van der Waals surface area contributed by atoms with Crippen molar-refractivity contribution in [1.82, 2.24) is 4.72 Å². The number of sulfonamides is 1. The van der Waals surface area contributed by atoms with Gasteiger partial charge in [-0.05, 0) is 30.2 Å². The van der Waals surface area contributed by atoms with Crippen LogP contribution in [0.2, 0.25) is 0 Å². The first-order chi connectivity index (χ1) is 11.5. The van der Waals surface area contributed by atoms with Crippen molar-refractivity contribution in [2.45, 2.75) is 17.4 Å². The van der Waals surface area contributed by atoms with Gasteiger partial charge in [0.15, 0.2) is 0 Å². The predicted molar refractivity (Wildman–Crippen MR) is 96.1 cm³/mol.